The summed E-state index contributed by atoms with van der Waals surface area (Å²) in [5.41, 5.74) is 1.17. The molecule has 1 atom stereocenters. The molecule has 0 bridgehead atoms. The summed E-state index contributed by atoms with van der Waals surface area (Å²) in [4.78, 5) is 15.4. The smallest absolute Gasteiger partial charge is 0.228 e. The molecule has 1 saturated heterocycles. The SMILES string of the molecule is CCN1CCC[C@@H]1c1csc(Nc2ncccn2)n1. The Bertz CT molecular complexity index is 527. The van der Waals surface area contributed by atoms with E-state index in [0.717, 1.165) is 11.7 Å². The van der Waals surface area contributed by atoms with Crippen LogP contribution in [0.1, 0.15) is 31.5 Å². The van der Waals surface area contributed by atoms with Gasteiger partial charge in [0.1, 0.15) is 0 Å². The first kappa shape index (κ1) is 12.5. The molecule has 1 fully saturated rings. The molecule has 0 saturated carbocycles. The third kappa shape index (κ3) is 2.74. The Labute approximate surface area is 116 Å². The molecule has 3 rings (SSSR count). The number of thiazole rings is 1. The maximum absolute atomic E-state index is 4.67. The molecule has 0 aromatic carbocycles. The van der Waals surface area contributed by atoms with Crippen molar-refractivity contribution in [3.63, 3.8) is 0 Å². The molecular formula is C13H17N5S. The van der Waals surface area contributed by atoms with Gasteiger partial charge < -0.3 is 5.32 Å². The number of anilines is 2. The molecule has 1 aliphatic rings. The van der Waals surface area contributed by atoms with Crippen LogP contribution in [0.3, 0.4) is 0 Å². The number of aromatic nitrogens is 3. The minimum Gasteiger partial charge on any atom is -0.300 e. The highest BCUT2D eigenvalue weighted by Crippen LogP contribution is 2.33. The van der Waals surface area contributed by atoms with Crippen molar-refractivity contribution in [3.8, 4) is 0 Å². The van der Waals surface area contributed by atoms with Crippen LogP contribution in [-0.4, -0.2) is 32.9 Å². The van der Waals surface area contributed by atoms with Crippen LogP contribution in [-0.2, 0) is 0 Å². The van der Waals surface area contributed by atoms with Crippen molar-refractivity contribution in [2.24, 2.45) is 0 Å². The number of nitrogens with zero attached hydrogens (tertiary/aromatic N) is 4. The Morgan fingerprint density at radius 1 is 1.42 bits per heavy atom. The van der Waals surface area contributed by atoms with E-state index >= 15 is 0 Å². The van der Waals surface area contributed by atoms with E-state index in [2.05, 4.69) is 37.5 Å². The van der Waals surface area contributed by atoms with Crippen molar-refractivity contribution in [2.45, 2.75) is 25.8 Å². The zero-order chi connectivity index (χ0) is 13.1. The first-order chi connectivity index (χ1) is 9.36. The Morgan fingerprint density at radius 2 is 2.26 bits per heavy atom. The van der Waals surface area contributed by atoms with Crippen LogP contribution < -0.4 is 5.32 Å². The zero-order valence-corrected chi connectivity index (χ0v) is 11.7. The van der Waals surface area contributed by atoms with Crippen LogP contribution in [0.4, 0.5) is 11.1 Å². The lowest BCUT2D eigenvalue weighted by molar-refractivity contribution is 0.268. The van der Waals surface area contributed by atoms with Gasteiger partial charge in [-0.05, 0) is 32.0 Å². The van der Waals surface area contributed by atoms with Crippen molar-refractivity contribution in [3.05, 3.63) is 29.5 Å². The highest BCUT2D eigenvalue weighted by atomic mass is 32.1. The molecule has 2 aromatic heterocycles. The van der Waals surface area contributed by atoms with Crippen molar-refractivity contribution in [2.75, 3.05) is 18.4 Å². The largest absolute Gasteiger partial charge is 0.300 e. The summed E-state index contributed by atoms with van der Waals surface area (Å²) in [6, 6.07) is 2.28. The summed E-state index contributed by atoms with van der Waals surface area (Å²) >= 11 is 1.61. The maximum atomic E-state index is 4.67. The van der Waals surface area contributed by atoms with E-state index < -0.39 is 0 Å². The van der Waals surface area contributed by atoms with Crippen LogP contribution in [0.5, 0.6) is 0 Å². The molecule has 3 heterocycles. The first-order valence-corrected chi connectivity index (χ1v) is 7.48. The molecule has 2 aromatic rings. The Hall–Kier alpha value is -1.53. The van der Waals surface area contributed by atoms with Gasteiger partial charge >= 0.3 is 0 Å². The molecule has 0 spiro atoms. The van der Waals surface area contributed by atoms with Gasteiger partial charge in [-0.15, -0.1) is 11.3 Å². The van der Waals surface area contributed by atoms with Gasteiger partial charge in [-0.1, -0.05) is 6.92 Å². The van der Waals surface area contributed by atoms with Crippen LogP contribution in [0, 0.1) is 0 Å². The number of nitrogens with one attached hydrogen (secondary N) is 1. The molecule has 1 N–H and O–H groups in total. The van der Waals surface area contributed by atoms with E-state index in [0.29, 0.717) is 12.0 Å². The van der Waals surface area contributed by atoms with Gasteiger partial charge in [0.15, 0.2) is 5.13 Å². The van der Waals surface area contributed by atoms with E-state index in [9.17, 15) is 0 Å². The van der Waals surface area contributed by atoms with Gasteiger partial charge in [0.2, 0.25) is 5.95 Å². The summed E-state index contributed by atoms with van der Waals surface area (Å²) in [6.07, 6.45) is 5.92. The van der Waals surface area contributed by atoms with Crippen LogP contribution in [0.2, 0.25) is 0 Å². The molecule has 6 heteroatoms. The van der Waals surface area contributed by atoms with Gasteiger partial charge in [0, 0.05) is 17.8 Å². The molecule has 100 valence electrons. The highest BCUT2D eigenvalue weighted by molar-refractivity contribution is 7.13. The summed E-state index contributed by atoms with van der Waals surface area (Å²) in [5.74, 6) is 0.599. The predicted molar refractivity (Wildman–Crippen MR) is 76.7 cm³/mol. The quantitative estimate of drug-likeness (QED) is 0.930. The fourth-order valence-electron chi connectivity index (χ4n) is 2.50. The molecule has 0 aliphatic carbocycles. The number of likely N-dealkylation sites (tertiary alicyclic amines) is 1. The fourth-order valence-corrected chi connectivity index (χ4v) is 3.25. The molecule has 0 amide bonds. The van der Waals surface area contributed by atoms with Crippen molar-refractivity contribution in [1.29, 1.82) is 0 Å². The minimum atomic E-state index is 0.480. The second kappa shape index (κ2) is 5.63. The lowest BCUT2D eigenvalue weighted by Crippen LogP contribution is -2.22. The second-order valence-electron chi connectivity index (χ2n) is 4.56. The number of hydrogen-bond acceptors (Lipinski definition) is 6. The normalized spacial score (nSPS) is 19.7. The van der Waals surface area contributed by atoms with Gasteiger partial charge in [0.05, 0.1) is 11.7 Å². The Balaban J connectivity index is 1.73. The van der Waals surface area contributed by atoms with E-state index in [1.54, 1.807) is 29.8 Å². The molecular weight excluding hydrogens is 258 g/mol. The maximum Gasteiger partial charge on any atom is 0.228 e. The van der Waals surface area contributed by atoms with Crippen molar-refractivity contribution >= 4 is 22.4 Å². The van der Waals surface area contributed by atoms with E-state index in [-0.39, 0.29) is 0 Å². The zero-order valence-electron chi connectivity index (χ0n) is 10.9. The monoisotopic (exact) mass is 275 g/mol. The topological polar surface area (TPSA) is 53.9 Å². The lowest BCUT2D eigenvalue weighted by atomic mass is 10.2. The molecule has 19 heavy (non-hydrogen) atoms. The van der Waals surface area contributed by atoms with Gasteiger partial charge in [-0.25, -0.2) is 15.0 Å². The van der Waals surface area contributed by atoms with Gasteiger partial charge in [0.25, 0.3) is 0 Å². The van der Waals surface area contributed by atoms with Gasteiger partial charge in [-0.3, -0.25) is 4.90 Å². The summed E-state index contributed by atoms with van der Waals surface area (Å²) < 4.78 is 0. The molecule has 1 aliphatic heterocycles. The lowest BCUT2D eigenvalue weighted by Gasteiger charge is -2.20. The predicted octanol–water partition coefficient (Wildman–Crippen LogP) is 2.83. The highest BCUT2D eigenvalue weighted by Gasteiger charge is 2.26. The summed E-state index contributed by atoms with van der Waals surface area (Å²) in [7, 11) is 0. The number of hydrogen-bond donors (Lipinski definition) is 1. The van der Waals surface area contributed by atoms with Crippen molar-refractivity contribution in [1.82, 2.24) is 19.9 Å². The van der Waals surface area contributed by atoms with Crippen molar-refractivity contribution < 1.29 is 0 Å². The fraction of sp³-hybridized carbons (Fsp3) is 0.462. The van der Waals surface area contributed by atoms with E-state index in [1.165, 1.54) is 25.1 Å². The molecule has 0 unspecified atom stereocenters. The van der Waals surface area contributed by atoms with Gasteiger partial charge in [-0.2, -0.15) is 0 Å². The number of rotatable bonds is 4. The third-order valence-electron chi connectivity index (χ3n) is 3.42. The minimum absolute atomic E-state index is 0.480. The second-order valence-corrected chi connectivity index (χ2v) is 5.42. The van der Waals surface area contributed by atoms with Crippen LogP contribution in [0.15, 0.2) is 23.8 Å². The summed E-state index contributed by atoms with van der Waals surface area (Å²) in [5, 5.41) is 6.16. The van der Waals surface area contributed by atoms with Crippen LogP contribution in [0.25, 0.3) is 0 Å². The van der Waals surface area contributed by atoms with E-state index in [1.807, 2.05) is 0 Å². The standard InChI is InChI=1S/C13H17N5S/c1-2-18-8-3-5-11(18)10-9-19-13(16-10)17-12-14-6-4-7-15-12/h4,6-7,9,11H,2-3,5,8H2,1H3,(H,14,15,16,17)/t11-/m1/s1. The Kier molecular flexibility index (Phi) is 3.70. The van der Waals surface area contributed by atoms with E-state index in [4.69, 9.17) is 0 Å². The summed E-state index contributed by atoms with van der Waals surface area (Å²) in [6.45, 7) is 4.48. The molecule has 5 nitrogen and oxygen atoms in total. The van der Waals surface area contributed by atoms with Crippen LogP contribution >= 0.6 is 11.3 Å². The molecule has 0 radical (unpaired) electrons. The third-order valence-corrected chi connectivity index (χ3v) is 4.19. The average molecular weight is 275 g/mol. The first-order valence-electron chi connectivity index (χ1n) is 6.60. The average Bonchev–Trinajstić information content (AvgIpc) is 3.07. The Morgan fingerprint density at radius 3 is 3.05 bits per heavy atom.